The van der Waals surface area contributed by atoms with Crippen LogP contribution >= 0.6 is 11.6 Å². The van der Waals surface area contributed by atoms with E-state index in [9.17, 15) is 14.3 Å². The fraction of sp³-hybridized carbons (Fsp3) is 0.375. The summed E-state index contributed by atoms with van der Waals surface area (Å²) in [6, 6.07) is 7.70. The second kappa shape index (κ2) is 11.1. The summed E-state index contributed by atoms with van der Waals surface area (Å²) >= 11 is 5.91. The molecule has 2 heterocycles. The standard InChI is InChI=1S/C24H27ClFN5O4/c1-31(2)11-15(32)8-23(33)30-21-9-17-20(10-22(21)35-16-5-6-34-12-16)27-13-28-24(17)29-14-3-4-19(26)18(25)7-14/h3-4,7,9-10,13,15-16,32H,5-6,8,11-12H2,1-2H3,(H,30,33)(H,27,28,29)/t15-,16-/m1/s1. The minimum atomic E-state index is -0.818. The molecule has 35 heavy (non-hydrogen) atoms. The molecule has 3 aromatic rings. The Kier molecular flexibility index (Phi) is 7.97. The van der Waals surface area contributed by atoms with Crippen LogP contribution in [0.15, 0.2) is 36.7 Å². The fourth-order valence-corrected chi connectivity index (χ4v) is 3.96. The van der Waals surface area contributed by atoms with Crippen LogP contribution in [0.2, 0.25) is 5.02 Å². The van der Waals surface area contributed by atoms with E-state index in [1.54, 1.807) is 23.1 Å². The van der Waals surface area contributed by atoms with Crippen LogP contribution in [0.5, 0.6) is 5.75 Å². The molecule has 0 spiro atoms. The van der Waals surface area contributed by atoms with Crippen LogP contribution in [0.1, 0.15) is 12.8 Å². The van der Waals surface area contributed by atoms with Crippen LogP contribution in [-0.2, 0) is 9.53 Å². The zero-order valence-electron chi connectivity index (χ0n) is 19.4. The maximum absolute atomic E-state index is 13.6. The van der Waals surface area contributed by atoms with Crippen LogP contribution in [-0.4, -0.2) is 71.9 Å². The van der Waals surface area contributed by atoms with Crippen LogP contribution < -0.4 is 15.4 Å². The minimum Gasteiger partial charge on any atom is -0.486 e. The molecule has 11 heteroatoms. The predicted molar refractivity (Wildman–Crippen MR) is 132 cm³/mol. The van der Waals surface area contributed by atoms with Gasteiger partial charge in [0, 0.05) is 30.1 Å². The lowest BCUT2D eigenvalue weighted by molar-refractivity contribution is -0.118. The van der Waals surface area contributed by atoms with Gasteiger partial charge in [-0.05, 0) is 38.4 Å². The highest BCUT2D eigenvalue weighted by atomic mass is 35.5. The summed E-state index contributed by atoms with van der Waals surface area (Å²) in [5.74, 6) is 0.00119. The smallest absolute Gasteiger partial charge is 0.227 e. The number of aliphatic hydroxyl groups is 1. The number of hydrogen-bond donors (Lipinski definition) is 3. The molecule has 3 N–H and O–H groups in total. The summed E-state index contributed by atoms with van der Waals surface area (Å²) in [7, 11) is 3.64. The number of carbonyl (C=O) groups excluding carboxylic acids is 1. The Bertz CT molecular complexity index is 1210. The molecule has 2 aromatic carbocycles. The number of fused-ring (bicyclic) bond motifs is 1. The summed E-state index contributed by atoms with van der Waals surface area (Å²) in [6.45, 7) is 1.41. The average molecular weight is 504 g/mol. The lowest BCUT2D eigenvalue weighted by Crippen LogP contribution is -2.30. The normalized spacial score (nSPS) is 16.5. The van der Waals surface area contributed by atoms with Crippen molar-refractivity contribution in [1.29, 1.82) is 0 Å². The number of benzene rings is 2. The van der Waals surface area contributed by atoms with E-state index in [4.69, 9.17) is 21.1 Å². The fourth-order valence-electron chi connectivity index (χ4n) is 3.78. The molecule has 1 saturated heterocycles. The van der Waals surface area contributed by atoms with Crippen molar-refractivity contribution in [3.05, 3.63) is 47.5 Å². The molecule has 1 aromatic heterocycles. The van der Waals surface area contributed by atoms with Gasteiger partial charge in [-0.25, -0.2) is 14.4 Å². The number of anilines is 3. The molecule has 186 valence electrons. The van der Waals surface area contributed by atoms with Gasteiger partial charge in [0.2, 0.25) is 5.91 Å². The molecular weight excluding hydrogens is 477 g/mol. The monoisotopic (exact) mass is 503 g/mol. The van der Waals surface area contributed by atoms with Crippen molar-refractivity contribution >= 4 is 45.6 Å². The van der Waals surface area contributed by atoms with E-state index in [0.717, 1.165) is 6.42 Å². The largest absolute Gasteiger partial charge is 0.486 e. The first-order chi connectivity index (χ1) is 16.8. The quantitative estimate of drug-likeness (QED) is 0.406. The van der Waals surface area contributed by atoms with Gasteiger partial charge < -0.3 is 30.1 Å². The number of carbonyl (C=O) groups is 1. The van der Waals surface area contributed by atoms with Crippen LogP contribution in [0.3, 0.4) is 0 Å². The Balaban J connectivity index is 1.66. The number of amides is 1. The molecule has 0 saturated carbocycles. The zero-order valence-corrected chi connectivity index (χ0v) is 20.2. The van der Waals surface area contributed by atoms with Gasteiger partial charge in [0.05, 0.1) is 42.0 Å². The van der Waals surface area contributed by atoms with Gasteiger partial charge in [0.1, 0.15) is 29.8 Å². The SMILES string of the molecule is CN(C)C[C@H](O)CC(=O)Nc1cc2c(Nc3ccc(F)c(Cl)c3)ncnc2cc1O[C@@H]1CCOC1. The van der Waals surface area contributed by atoms with Gasteiger partial charge in [-0.1, -0.05) is 11.6 Å². The number of nitrogens with one attached hydrogen (secondary N) is 2. The number of hydrogen-bond acceptors (Lipinski definition) is 8. The molecule has 1 aliphatic heterocycles. The number of aliphatic hydroxyl groups excluding tert-OH is 1. The molecule has 2 atom stereocenters. The van der Waals surface area contributed by atoms with E-state index < -0.39 is 11.9 Å². The number of ether oxygens (including phenoxy) is 2. The van der Waals surface area contributed by atoms with Crippen LogP contribution in [0.25, 0.3) is 10.9 Å². The maximum atomic E-state index is 13.6. The molecular formula is C24H27ClFN5O4. The van der Waals surface area contributed by atoms with Crippen molar-refractivity contribution in [2.24, 2.45) is 0 Å². The number of rotatable bonds is 9. The summed E-state index contributed by atoms with van der Waals surface area (Å²) in [4.78, 5) is 23.2. The van der Waals surface area contributed by atoms with Gasteiger partial charge in [-0.3, -0.25) is 4.79 Å². The highest BCUT2D eigenvalue weighted by Crippen LogP contribution is 2.35. The molecule has 9 nitrogen and oxygen atoms in total. The molecule has 0 radical (unpaired) electrons. The maximum Gasteiger partial charge on any atom is 0.227 e. The number of aromatic nitrogens is 2. The second-order valence-electron chi connectivity index (χ2n) is 8.61. The van der Waals surface area contributed by atoms with E-state index in [-0.39, 0.29) is 23.5 Å². The summed E-state index contributed by atoms with van der Waals surface area (Å²) in [5, 5.41) is 16.7. The molecule has 0 unspecified atom stereocenters. The zero-order chi connectivity index (χ0) is 24.9. The van der Waals surface area contributed by atoms with Crippen LogP contribution in [0.4, 0.5) is 21.6 Å². The number of halogens is 2. The van der Waals surface area contributed by atoms with Crippen molar-refractivity contribution in [2.45, 2.75) is 25.0 Å². The van der Waals surface area contributed by atoms with E-state index in [1.165, 1.54) is 18.5 Å². The van der Waals surface area contributed by atoms with E-state index in [2.05, 4.69) is 20.6 Å². The Hall–Kier alpha value is -3.05. The van der Waals surface area contributed by atoms with Crippen molar-refractivity contribution in [2.75, 3.05) is 44.5 Å². The Labute approximate surface area is 207 Å². The van der Waals surface area contributed by atoms with Gasteiger partial charge >= 0.3 is 0 Å². The molecule has 0 bridgehead atoms. The first kappa shape index (κ1) is 25.1. The van der Waals surface area contributed by atoms with Gasteiger partial charge in [0.15, 0.2) is 0 Å². The van der Waals surface area contributed by atoms with Crippen molar-refractivity contribution < 1.29 is 23.8 Å². The molecule has 0 aliphatic carbocycles. The first-order valence-corrected chi connectivity index (χ1v) is 11.5. The predicted octanol–water partition coefficient (Wildman–Crippen LogP) is 3.58. The van der Waals surface area contributed by atoms with Crippen LogP contribution in [0, 0.1) is 5.82 Å². The summed E-state index contributed by atoms with van der Waals surface area (Å²) < 4.78 is 25.1. The highest BCUT2D eigenvalue weighted by Gasteiger charge is 2.22. The number of nitrogens with zero attached hydrogens (tertiary/aromatic N) is 3. The van der Waals surface area contributed by atoms with Crippen molar-refractivity contribution in [3.63, 3.8) is 0 Å². The third kappa shape index (κ3) is 6.55. The van der Waals surface area contributed by atoms with E-state index >= 15 is 0 Å². The molecule has 1 aliphatic rings. The molecule has 1 amide bonds. The summed E-state index contributed by atoms with van der Waals surface area (Å²) in [5.41, 5.74) is 1.54. The van der Waals surface area contributed by atoms with Gasteiger partial charge in [-0.2, -0.15) is 0 Å². The Morgan fingerprint density at radius 1 is 1.34 bits per heavy atom. The topological polar surface area (TPSA) is 109 Å². The van der Waals surface area contributed by atoms with E-state index in [0.29, 0.717) is 53.6 Å². The molecule has 4 rings (SSSR count). The Morgan fingerprint density at radius 2 is 2.17 bits per heavy atom. The van der Waals surface area contributed by atoms with Gasteiger partial charge in [0.25, 0.3) is 0 Å². The Morgan fingerprint density at radius 3 is 2.89 bits per heavy atom. The second-order valence-corrected chi connectivity index (χ2v) is 9.02. The first-order valence-electron chi connectivity index (χ1n) is 11.2. The third-order valence-corrected chi connectivity index (χ3v) is 5.66. The lowest BCUT2D eigenvalue weighted by Gasteiger charge is -2.19. The van der Waals surface area contributed by atoms with Gasteiger partial charge in [-0.15, -0.1) is 0 Å². The highest BCUT2D eigenvalue weighted by molar-refractivity contribution is 6.31. The summed E-state index contributed by atoms with van der Waals surface area (Å²) in [6.07, 6.45) is 1.08. The third-order valence-electron chi connectivity index (χ3n) is 5.37. The average Bonchev–Trinajstić information content (AvgIpc) is 3.29. The lowest BCUT2D eigenvalue weighted by atomic mass is 10.1. The minimum absolute atomic E-state index is 0.0212. The number of likely N-dealkylation sites (N-methyl/N-ethyl adjacent to an activating group) is 1. The molecule has 1 fully saturated rings. The van der Waals surface area contributed by atoms with Crippen molar-refractivity contribution in [1.82, 2.24) is 14.9 Å². The van der Waals surface area contributed by atoms with E-state index in [1.807, 2.05) is 14.1 Å². The van der Waals surface area contributed by atoms with Crippen molar-refractivity contribution in [3.8, 4) is 5.75 Å².